The van der Waals surface area contributed by atoms with E-state index in [2.05, 4.69) is 31.2 Å². The van der Waals surface area contributed by atoms with E-state index in [0.29, 0.717) is 0 Å². The summed E-state index contributed by atoms with van der Waals surface area (Å²) in [5, 5.41) is 8.83. The maximum absolute atomic E-state index is 8.83. The predicted molar refractivity (Wildman–Crippen MR) is 98.3 cm³/mol. The van der Waals surface area contributed by atoms with Gasteiger partial charge < -0.3 is 0 Å². The van der Waals surface area contributed by atoms with Crippen molar-refractivity contribution in [3.8, 4) is 6.07 Å². The molecule has 0 spiro atoms. The quantitative estimate of drug-likeness (QED) is 0.373. The van der Waals surface area contributed by atoms with Crippen molar-refractivity contribution in [1.82, 2.24) is 0 Å². The van der Waals surface area contributed by atoms with Crippen molar-refractivity contribution in [3.05, 3.63) is 47.0 Å². The summed E-state index contributed by atoms with van der Waals surface area (Å²) in [5.41, 5.74) is 3.76. The second-order valence-corrected chi connectivity index (χ2v) is 7.01. The molecule has 0 amide bonds. The monoisotopic (exact) mass is 309 g/mol. The van der Waals surface area contributed by atoms with Crippen molar-refractivity contribution in [1.29, 1.82) is 5.26 Å². The molecular formula is C22H31N. The first-order chi connectivity index (χ1) is 11.3. The Kier molecular flexibility index (Phi) is 7.95. The van der Waals surface area contributed by atoms with Gasteiger partial charge in [-0.05, 0) is 55.7 Å². The smallest absolute Gasteiger partial charge is 0.0991 e. The Hall–Kier alpha value is -1.55. The van der Waals surface area contributed by atoms with E-state index in [4.69, 9.17) is 5.26 Å². The number of allylic oxidation sites excluding steroid dienone is 2. The molecule has 1 aromatic carbocycles. The Labute approximate surface area is 142 Å². The van der Waals surface area contributed by atoms with Gasteiger partial charge in [0.05, 0.1) is 11.6 Å². The van der Waals surface area contributed by atoms with Gasteiger partial charge in [-0.1, -0.05) is 69.2 Å². The van der Waals surface area contributed by atoms with Crippen molar-refractivity contribution >= 4 is 0 Å². The minimum atomic E-state index is 0.757. The van der Waals surface area contributed by atoms with Crippen LogP contribution in [0.5, 0.6) is 0 Å². The minimum Gasteiger partial charge on any atom is -0.192 e. The highest BCUT2D eigenvalue weighted by Gasteiger charge is 2.14. The molecule has 1 aliphatic carbocycles. The largest absolute Gasteiger partial charge is 0.192 e. The van der Waals surface area contributed by atoms with Crippen LogP contribution in [0.1, 0.15) is 82.3 Å². The first kappa shape index (κ1) is 17.8. The lowest BCUT2D eigenvalue weighted by atomic mass is 9.84. The van der Waals surface area contributed by atoms with E-state index in [1.807, 2.05) is 12.1 Å². The van der Waals surface area contributed by atoms with E-state index in [0.717, 1.165) is 17.9 Å². The van der Waals surface area contributed by atoms with Crippen LogP contribution >= 0.6 is 0 Å². The molecule has 124 valence electrons. The van der Waals surface area contributed by atoms with E-state index in [1.54, 1.807) is 5.57 Å². The first-order valence-electron chi connectivity index (χ1n) is 9.48. The zero-order valence-corrected chi connectivity index (χ0v) is 14.7. The molecule has 0 saturated heterocycles. The number of aryl methyl sites for hydroxylation is 1. The highest BCUT2D eigenvalue weighted by Crippen LogP contribution is 2.30. The second-order valence-electron chi connectivity index (χ2n) is 7.01. The van der Waals surface area contributed by atoms with Crippen molar-refractivity contribution < 1.29 is 0 Å². The van der Waals surface area contributed by atoms with Gasteiger partial charge in [0.15, 0.2) is 0 Å². The Morgan fingerprint density at radius 3 is 2.48 bits per heavy atom. The van der Waals surface area contributed by atoms with Crippen molar-refractivity contribution in [3.63, 3.8) is 0 Å². The van der Waals surface area contributed by atoms with Crippen LogP contribution in [0.15, 0.2) is 35.9 Å². The van der Waals surface area contributed by atoms with Crippen LogP contribution in [0.2, 0.25) is 0 Å². The van der Waals surface area contributed by atoms with Gasteiger partial charge in [0, 0.05) is 0 Å². The van der Waals surface area contributed by atoms with Crippen LogP contribution in [-0.4, -0.2) is 0 Å². The van der Waals surface area contributed by atoms with E-state index >= 15 is 0 Å². The molecule has 0 heterocycles. The summed E-state index contributed by atoms with van der Waals surface area (Å²) < 4.78 is 0. The molecule has 2 rings (SSSR count). The van der Waals surface area contributed by atoms with E-state index < -0.39 is 0 Å². The van der Waals surface area contributed by atoms with Crippen LogP contribution < -0.4 is 0 Å². The fraction of sp³-hybridized carbons (Fsp3) is 0.591. The highest BCUT2D eigenvalue weighted by molar-refractivity contribution is 5.31. The maximum Gasteiger partial charge on any atom is 0.0991 e. The van der Waals surface area contributed by atoms with E-state index in [9.17, 15) is 0 Å². The summed E-state index contributed by atoms with van der Waals surface area (Å²) in [7, 11) is 0. The summed E-state index contributed by atoms with van der Waals surface area (Å²) in [4.78, 5) is 0. The van der Waals surface area contributed by atoms with Crippen LogP contribution in [0.3, 0.4) is 0 Å². The average Bonchev–Trinajstić information content (AvgIpc) is 2.61. The summed E-state index contributed by atoms with van der Waals surface area (Å²) in [5.74, 6) is 0.940. The molecule has 0 aromatic heterocycles. The van der Waals surface area contributed by atoms with Crippen molar-refractivity contribution in [2.45, 2.75) is 77.6 Å². The predicted octanol–water partition coefficient (Wildman–Crippen LogP) is 6.58. The number of hydrogen-bond acceptors (Lipinski definition) is 1. The number of rotatable bonds is 9. The number of unbranched alkanes of at least 4 members (excludes halogenated alkanes) is 4. The molecule has 0 aliphatic heterocycles. The molecule has 1 unspecified atom stereocenters. The normalized spacial score (nSPS) is 17.6. The van der Waals surface area contributed by atoms with Gasteiger partial charge in [0.1, 0.15) is 0 Å². The molecule has 0 saturated carbocycles. The molecule has 0 fully saturated rings. The van der Waals surface area contributed by atoms with Gasteiger partial charge in [-0.15, -0.1) is 0 Å². The molecule has 1 atom stereocenters. The third-order valence-electron chi connectivity index (χ3n) is 5.15. The first-order valence-corrected chi connectivity index (χ1v) is 9.48. The number of benzene rings is 1. The van der Waals surface area contributed by atoms with E-state index in [1.165, 1.54) is 69.8 Å². The summed E-state index contributed by atoms with van der Waals surface area (Å²) >= 11 is 0. The lowest BCUT2D eigenvalue weighted by molar-refractivity contribution is 0.410. The molecule has 0 bridgehead atoms. The highest BCUT2D eigenvalue weighted by atomic mass is 14.2. The molecule has 1 nitrogen and oxygen atoms in total. The van der Waals surface area contributed by atoms with Crippen molar-refractivity contribution in [2.24, 2.45) is 5.92 Å². The Balaban J connectivity index is 1.65. The average molecular weight is 309 g/mol. The molecular weight excluding hydrogens is 278 g/mol. The summed E-state index contributed by atoms with van der Waals surface area (Å²) in [6.07, 6.45) is 17.3. The van der Waals surface area contributed by atoms with Crippen molar-refractivity contribution in [2.75, 3.05) is 0 Å². The second kappa shape index (κ2) is 10.3. The summed E-state index contributed by atoms with van der Waals surface area (Å²) in [6, 6.07) is 10.2. The zero-order valence-electron chi connectivity index (χ0n) is 14.7. The molecule has 1 aliphatic rings. The fourth-order valence-electron chi connectivity index (χ4n) is 3.52. The zero-order chi connectivity index (χ0) is 16.3. The Morgan fingerprint density at radius 2 is 1.83 bits per heavy atom. The van der Waals surface area contributed by atoms with Gasteiger partial charge in [-0.25, -0.2) is 0 Å². The minimum absolute atomic E-state index is 0.757. The van der Waals surface area contributed by atoms with Crippen LogP contribution in [0, 0.1) is 17.2 Å². The third-order valence-corrected chi connectivity index (χ3v) is 5.15. The van der Waals surface area contributed by atoms with Gasteiger partial charge >= 0.3 is 0 Å². The number of nitriles is 1. The fourth-order valence-corrected chi connectivity index (χ4v) is 3.52. The molecule has 0 radical (unpaired) electrons. The molecule has 23 heavy (non-hydrogen) atoms. The van der Waals surface area contributed by atoms with E-state index in [-0.39, 0.29) is 0 Å². The van der Waals surface area contributed by atoms with Gasteiger partial charge in [0.2, 0.25) is 0 Å². The number of hydrogen-bond donors (Lipinski definition) is 0. The Bertz CT molecular complexity index is 518. The van der Waals surface area contributed by atoms with Crippen LogP contribution in [-0.2, 0) is 6.42 Å². The van der Waals surface area contributed by atoms with Crippen LogP contribution in [0.4, 0.5) is 0 Å². The summed E-state index contributed by atoms with van der Waals surface area (Å²) in [6.45, 7) is 2.28. The Morgan fingerprint density at radius 1 is 1.04 bits per heavy atom. The lowest BCUT2D eigenvalue weighted by Gasteiger charge is -2.22. The third kappa shape index (κ3) is 6.61. The van der Waals surface area contributed by atoms with Gasteiger partial charge in [-0.2, -0.15) is 5.26 Å². The molecule has 1 aromatic rings. The standard InChI is InChI=1S/C22H31N/c1-2-3-4-5-6-7-19-8-10-20(11-9-19)12-13-21-14-16-22(18-23)17-15-21/h10,14-17,19H,2-9,11-13H2,1H3. The molecule has 1 heteroatoms. The van der Waals surface area contributed by atoms with Gasteiger partial charge in [-0.3, -0.25) is 0 Å². The lowest BCUT2D eigenvalue weighted by Crippen LogP contribution is -2.06. The van der Waals surface area contributed by atoms with Crippen LogP contribution in [0.25, 0.3) is 0 Å². The SMILES string of the molecule is CCCCCCCC1CC=C(CCc2ccc(C#N)cc2)CC1. The van der Waals surface area contributed by atoms with Gasteiger partial charge in [0.25, 0.3) is 0 Å². The maximum atomic E-state index is 8.83. The number of nitrogens with zero attached hydrogens (tertiary/aromatic N) is 1. The molecule has 0 N–H and O–H groups in total. The topological polar surface area (TPSA) is 23.8 Å².